The molecule has 0 unspecified atom stereocenters. The molecule has 1 amide bonds. The van der Waals surface area contributed by atoms with Crippen LogP contribution in [-0.2, 0) is 4.79 Å². The smallest absolute Gasteiger partial charge is 0.299 e. The Morgan fingerprint density at radius 3 is 2.74 bits per heavy atom. The topological polar surface area (TPSA) is 52.8 Å². The number of rotatable bonds is 2. The lowest BCUT2D eigenvalue weighted by Crippen LogP contribution is -2.53. The third-order valence-corrected chi connectivity index (χ3v) is 4.88. The Hall–Kier alpha value is -2.08. The molecular weight excluding hydrogens is 292 g/mol. The van der Waals surface area contributed by atoms with Crippen LogP contribution < -0.4 is 4.90 Å². The Morgan fingerprint density at radius 1 is 1.17 bits per heavy atom. The van der Waals surface area contributed by atoms with Crippen LogP contribution in [0.15, 0.2) is 28.7 Å². The molecule has 3 heterocycles. The SMILES string of the molecule is CN1CCN(C(=O)[C@H]2CCCN2c2nc3ccccc3o2)CC1. The molecule has 0 N–H and O–H groups in total. The molecule has 1 aromatic carbocycles. The predicted octanol–water partition coefficient (Wildman–Crippen LogP) is 1.57. The molecule has 1 atom stereocenters. The van der Waals surface area contributed by atoms with E-state index in [0.717, 1.165) is 56.7 Å². The predicted molar refractivity (Wildman–Crippen MR) is 88.5 cm³/mol. The fourth-order valence-electron chi connectivity index (χ4n) is 3.47. The minimum Gasteiger partial charge on any atom is -0.423 e. The molecule has 122 valence electrons. The van der Waals surface area contributed by atoms with Gasteiger partial charge in [0.2, 0.25) is 5.91 Å². The number of amides is 1. The number of carbonyl (C=O) groups is 1. The first-order valence-electron chi connectivity index (χ1n) is 8.32. The summed E-state index contributed by atoms with van der Waals surface area (Å²) in [5.74, 6) is 0.220. The van der Waals surface area contributed by atoms with Crippen LogP contribution in [0.25, 0.3) is 11.1 Å². The molecule has 6 heteroatoms. The van der Waals surface area contributed by atoms with Crippen molar-refractivity contribution in [2.75, 3.05) is 44.7 Å². The van der Waals surface area contributed by atoms with Crippen molar-refractivity contribution in [2.45, 2.75) is 18.9 Å². The van der Waals surface area contributed by atoms with Gasteiger partial charge >= 0.3 is 0 Å². The summed E-state index contributed by atoms with van der Waals surface area (Å²) in [5.41, 5.74) is 1.63. The van der Waals surface area contributed by atoms with Gasteiger partial charge in [-0.2, -0.15) is 4.98 Å². The summed E-state index contributed by atoms with van der Waals surface area (Å²) in [6, 6.07) is 8.19. The van der Waals surface area contributed by atoms with Crippen molar-refractivity contribution in [3.8, 4) is 0 Å². The monoisotopic (exact) mass is 314 g/mol. The van der Waals surface area contributed by atoms with Crippen LogP contribution >= 0.6 is 0 Å². The maximum Gasteiger partial charge on any atom is 0.299 e. The van der Waals surface area contributed by atoms with E-state index in [1.54, 1.807) is 0 Å². The van der Waals surface area contributed by atoms with Crippen LogP contribution in [0, 0.1) is 0 Å². The highest BCUT2D eigenvalue weighted by Crippen LogP contribution is 2.29. The molecule has 1 aromatic heterocycles. The van der Waals surface area contributed by atoms with Crippen molar-refractivity contribution in [1.29, 1.82) is 0 Å². The fraction of sp³-hybridized carbons (Fsp3) is 0.529. The minimum absolute atomic E-state index is 0.133. The van der Waals surface area contributed by atoms with Gasteiger partial charge in [0.25, 0.3) is 6.01 Å². The van der Waals surface area contributed by atoms with Gasteiger partial charge in [-0.15, -0.1) is 0 Å². The van der Waals surface area contributed by atoms with Crippen LogP contribution in [0.2, 0.25) is 0 Å². The summed E-state index contributed by atoms with van der Waals surface area (Å²) in [6.45, 7) is 4.35. The standard InChI is InChI=1S/C17H22N4O2/c1-19-9-11-20(12-10-19)16(22)14-6-4-8-21(14)17-18-13-5-2-3-7-15(13)23-17/h2-3,5,7,14H,4,6,8-12H2,1H3/t14-/m1/s1. The Morgan fingerprint density at radius 2 is 1.96 bits per heavy atom. The highest BCUT2D eigenvalue weighted by molar-refractivity contribution is 5.86. The zero-order valence-corrected chi connectivity index (χ0v) is 13.4. The van der Waals surface area contributed by atoms with Crippen LogP contribution in [0.4, 0.5) is 6.01 Å². The van der Waals surface area contributed by atoms with E-state index in [4.69, 9.17) is 4.42 Å². The Labute approximate surface area is 135 Å². The third-order valence-electron chi connectivity index (χ3n) is 4.88. The lowest BCUT2D eigenvalue weighted by Gasteiger charge is -2.35. The lowest BCUT2D eigenvalue weighted by atomic mass is 10.1. The van der Waals surface area contributed by atoms with Crippen molar-refractivity contribution in [3.05, 3.63) is 24.3 Å². The zero-order chi connectivity index (χ0) is 15.8. The molecule has 2 aromatic rings. The van der Waals surface area contributed by atoms with E-state index in [0.29, 0.717) is 6.01 Å². The van der Waals surface area contributed by atoms with Crippen molar-refractivity contribution < 1.29 is 9.21 Å². The summed E-state index contributed by atoms with van der Waals surface area (Å²) in [5, 5.41) is 0. The van der Waals surface area contributed by atoms with Crippen molar-refractivity contribution in [1.82, 2.24) is 14.8 Å². The summed E-state index contributed by atoms with van der Waals surface area (Å²) in [4.78, 5) is 23.8. The number of aromatic nitrogens is 1. The van der Waals surface area contributed by atoms with Crippen LogP contribution in [0.3, 0.4) is 0 Å². The van der Waals surface area contributed by atoms with E-state index in [9.17, 15) is 4.79 Å². The van der Waals surface area contributed by atoms with E-state index in [-0.39, 0.29) is 11.9 Å². The minimum atomic E-state index is -0.133. The highest BCUT2D eigenvalue weighted by Gasteiger charge is 2.36. The molecule has 0 saturated carbocycles. The maximum absolute atomic E-state index is 12.9. The van der Waals surface area contributed by atoms with Gasteiger partial charge < -0.3 is 19.1 Å². The highest BCUT2D eigenvalue weighted by atomic mass is 16.4. The third kappa shape index (κ3) is 2.67. The van der Waals surface area contributed by atoms with Gasteiger partial charge in [0.15, 0.2) is 5.58 Å². The molecule has 4 rings (SSSR count). The molecule has 2 saturated heterocycles. The van der Waals surface area contributed by atoms with E-state index in [1.807, 2.05) is 34.1 Å². The number of oxazole rings is 1. The van der Waals surface area contributed by atoms with Crippen molar-refractivity contribution in [2.24, 2.45) is 0 Å². The van der Waals surface area contributed by atoms with Gasteiger partial charge in [-0.05, 0) is 32.0 Å². The molecule has 23 heavy (non-hydrogen) atoms. The first-order valence-corrected chi connectivity index (χ1v) is 8.32. The van der Waals surface area contributed by atoms with Gasteiger partial charge in [-0.3, -0.25) is 4.79 Å². The lowest BCUT2D eigenvalue weighted by molar-refractivity contribution is -0.134. The molecule has 0 bridgehead atoms. The summed E-state index contributed by atoms with van der Waals surface area (Å²) in [6.07, 6.45) is 1.88. The maximum atomic E-state index is 12.9. The van der Waals surface area contributed by atoms with Crippen LogP contribution in [0.5, 0.6) is 0 Å². The number of piperazine rings is 1. The quantitative estimate of drug-likeness (QED) is 0.842. The first kappa shape index (κ1) is 14.5. The average Bonchev–Trinajstić information content (AvgIpc) is 3.21. The number of benzene rings is 1. The summed E-state index contributed by atoms with van der Waals surface area (Å²) >= 11 is 0. The van der Waals surface area contributed by atoms with Crippen LogP contribution in [0.1, 0.15) is 12.8 Å². The zero-order valence-electron chi connectivity index (χ0n) is 13.4. The number of hydrogen-bond acceptors (Lipinski definition) is 5. The number of carbonyl (C=O) groups excluding carboxylic acids is 1. The van der Waals surface area contributed by atoms with Crippen molar-refractivity contribution >= 4 is 23.0 Å². The summed E-state index contributed by atoms with van der Waals surface area (Å²) in [7, 11) is 2.10. The van der Waals surface area contributed by atoms with Gasteiger partial charge in [0.05, 0.1) is 0 Å². The van der Waals surface area contributed by atoms with E-state index in [2.05, 4.69) is 16.9 Å². The molecule has 2 aliphatic heterocycles. The number of nitrogens with zero attached hydrogens (tertiary/aromatic N) is 4. The van der Waals surface area contributed by atoms with E-state index in [1.165, 1.54) is 0 Å². The Kier molecular flexibility index (Phi) is 3.69. The molecule has 2 fully saturated rings. The van der Waals surface area contributed by atoms with E-state index < -0.39 is 0 Å². The second kappa shape index (κ2) is 5.85. The number of fused-ring (bicyclic) bond motifs is 1. The van der Waals surface area contributed by atoms with Crippen molar-refractivity contribution in [3.63, 3.8) is 0 Å². The fourth-order valence-corrected chi connectivity index (χ4v) is 3.47. The summed E-state index contributed by atoms with van der Waals surface area (Å²) < 4.78 is 5.87. The number of likely N-dealkylation sites (N-methyl/N-ethyl adjacent to an activating group) is 1. The molecule has 0 aliphatic carbocycles. The number of anilines is 1. The molecule has 6 nitrogen and oxygen atoms in total. The number of para-hydroxylation sites is 2. The molecule has 0 radical (unpaired) electrons. The second-order valence-corrected chi connectivity index (χ2v) is 6.44. The normalized spacial score (nSPS) is 22.9. The molecule has 2 aliphatic rings. The largest absolute Gasteiger partial charge is 0.423 e. The molecule has 0 spiro atoms. The van der Waals surface area contributed by atoms with Crippen LogP contribution in [-0.4, -0.2) is 66.5 Å². The Balaban J connectivity index is 1.55. The van der Waals surface area contributed by atoms with Gasteiger partial charge in [0.1, 0.15) is 11.6 Å². The number of hydrogen-bond donors (Lipinski definition) is 0. The van der Waals surface area contributed by atoms with Gasteiger partial charge in [-0.1, -0.05) is 12.1 Å². The van der Waals surface area contributed by atoms with Gasteiger partial charge in [-0.25, -0.2) is 0 Å². The molecular formula is C17H22N4O2. The average molecular weight is 314 g/mol. The van der Waals surface area contributed by atoms with E-state index >= 15 is 0 Å². The first-order chi connectivity index (χ1) is 11.2. The second-order valence-electron chi connectivity index (χ2n) is 6.44. The Bertz CT molecular complexity index is 672. The van der Waals surface area contributed by atoms with Gasteiger partial charge in [0, 0.05) is 32.7 Å².